The zero-order valence-electron chi connectivity index (χ0n) is 17.7. The van der Waals surface area contributed by atoms with Crippen LogP contribution < -0.4 is 15.4 Å². The van der Waals surface area contributed by atoms with Gasteiger partial charge >= 0.3 is 0 Å². The highest BCUT2D eigenvalue weighted by Crippen LogP contribution is 2.24. The maximum absolute atomic E-state index is 12.4. The molecule has 0 aromatic heterocycles. The Morgan fingerprint density at radius 1 is 0.871 bits per heavy atom. The first-order valence-corrected chi connectivity index (χ1v) is 10.3. The van der Waals surface area contributed by atoms with Crippen LogP contribution in [0.1, 0.15) is 36.7 Å². The van der Waals surface area contributed by atoms with Gasteiger partial charge in [-0.05, 0) is 53.4 Å². The van der Waals surface area contributed by atoms with Crippen LogP contribution in [-0.2, 0) is 10.2 Å². The number of benzene rings is 3. The number of halogens is 1. The Bertz CT molecular complexity index is 1070. The molecule has 160 valence electrons. The molecule has 0 aliphatic carbocycles. The second kappa shape index (κ2) is 9.67. The van der Waals surface area contributed by atoms with Crippen LogP contribution >= 0.6 is 11.6 Å². The van der Waals surface area contributed by atoms with Crippen LogP contribution in [0.4, 0.5) is 11.4 Å². The van der Waals surface area contributed by atoms with Gasteiger partial charge in [-0.15, -0.1) is 0 Å². The quantitative estimate of drug-likeness (QED) is 0.505. The highest BCUT2D eigenvalue weighted by molar-refractivity contribution is 6.34. The van der Waals surface area contributed by atoms with Crippen LogP contribution in [0.5, 0.6) is 5.75 Å². The number of amides is 2. The third-order valence-electron chi connectivity index (χ3n) is 4.61. The van der Waals surface area contributed by atoms with Crippen molar-refractivity contribution in [2.24, 2.45) is 0 Å². The molecule has 0 aliphatic rings. The topological polar surface area (TPSA) is 67.4 Å². The number of carbonyl (C=O) groups is 2. The van der Waals surface area contributed by atoms with Crippen molar-refractivity contribution in [3.8, 4) is 5.75 Å². The summed E-state index contributed by atoms with van der Waals surface area (Å²) < 4.78 is 5.58. The molecule has 3 aromatic rings. The van der Waals surface area contributed by atoms with Crippen molar-refractivity contribution in [2.45, 2.75) is 26.2 Å². The maximum Gasteiger partial charge on any atom is 0.262 e. The van der Waals surface area contributed by atoms with E-state index in [1.807, 2.05) is 24.3 Å². The molecule has 0 bridgehead atoms. The van der Waals surface area contributed by atoms with Crippen LogP contribution in [0.25, 0.3) is 0 Å². The fourth-order valence-electron chi connectivity index (χ4n) is 2.92. The van der Waals surface area contributed by atoms with E-state index >= 15 is 0 Å². The van der Waals surface area contributed by atoms with Crippen molar-refractivity contribution in [3.05, 3.63) is 88.9 Å². The minimum absolute atomic E-state index is 0.0577. The number of rotatable bonds is 6. The highest BCUT2D eigenvalue weighted by Gasteiger charge is 2.13. The summed E-state index contributed by atoms with van der Waals surface area (Å²) in [5.74, 6) is 0.00879. The zero-order chi connectivity index (χ0) is 22.4. The molecule has 3 aromatic carbocycles. The van der Waals surface area contributed by atoms with Crippen molar-refractivity contribution in [1.82, 2.24) is 0 Å². The summed E-state index contributed by atoms with van der Waals surface area (Å²) in [6.45, 7) is 6.30. The van der Waals surface area contributed by atoms with Gasteiger partial charge in [0.15, 0.2) is 6.61 Å². The Balaban J connectivity index is 1.56. The number of ether oxygens (including phenoxy) is 1. The normalized spacial score (nSPS) is 11.0. The summed E-state index contributed by atoms with van der Waals surface area (Å²) in [5, 5.41) is 5.93. The monoisotopic (exact) mass is 436 g/mol. The van der Waals surface area contributed by atoms with E-state index in [-0.39, 0.29) is 23.8 Å². The fraction of sp³-hybridized carbons (Fsp3) is 0.200. The molecular formula is C25H25ClN2O3. The summed E-state index contributed by atoms with van der Waals surface area (Å²) in [4.78, 5) is 24.7. The lowest BCUT2D eigenvalue weighted by Gasteiger charge is -2.19. The Morgan fingerprint density at radius 3 is 2.16 bits per heavy atom. The minimum Gasteiger partial charge on any atom is -0.484 e. The molecule has 0 atom stereocenters. The lowest BCUT2D eigenvalue weighted by molar-refractivity contribution is -0.118. The van der Waals surface area contributed by atoms with Crippen LogP contribution in [0, 0.1) is 0 Å². The predicted molar refractivity (Wildman–Crippen MR) is 125 cm³/mol. The first-order valence-electron chi connectivity index (χ1n) is 9.91. The molecule has 0 aliphatic heterocycles. The van der Waals surface area contributed by atoms with Crippen molar-refractivity contribution in [3.63, 3.8) is 0 Å². The standard InChI is InChI=1S/C25H25ClN2O3/c1-25(2,3)17-11-13-20(14-12-17)31-16-23(29)27-18-7-6-8-19(15-18)28-24(30)21-9-4-5-10-22(21)26/h4-15H,16H2,1-3H3,(H,27,29)(H,28,30). The minimum atomic E-state index is -0.323. The summed E-state index contributed by atoms with van der Waals surface area (Å²) in [6.07, 6.45) is 0. The average Bonchev–Trinajstić information content (AvgIpc) is 2.72. The molecule has 5 nitrogen and oxygen atoms in total. The Labute approximate surface area is 187 Å². The molecule has 0 saturated carbocycles. The molecule has 2 amide bonds. The summed E-state index contributed by atoms with van der Waals surface area (Å²) in [5.41, 5.74) is 2.72. The molecule has 6 heteroatoms. The molecule has 0 fully saturated rings. The van der Waals surface area contributed by atoms with E-state index < -0.39 is 0 Å². The molecule has 0 spiro atoms. The molecule has 0 unspecified atom stereocenters. The first-order chi connectivity index (χ1) is 14.7. The van der Waals surface area contributed by atoms with Crippen LogP contribution in [0.2, 0.25) is 5.02 Å². The second-order valence-corrected chi connectivity index (χ2v) is 8.53. The SMILES string of the molecule is CC(C)(C)c1ccc(OCC(=O)Nc2cccc(NC(=O)c3ccccc3Cl)c2)cc1. The van der Waals surface area contributed by atoms with E-state index in [9.17, 15) is 9.59 Å². The Morgan fingerprint density at radius 2 is 1.52 bits per heavy atom. The Kier molecular flexibility index (Phi) is 6.98. The molecule has 3 rings (SSSR count). The van der Waals surface area contributed by atoms with Crippen molar-refractivity contribution >= 4 is 34.8 Å². The van der Waals surface area contributed by atoms with E-state index in [2.05, 4.69) is 31.4 Å². The third-order valence-corrected chi connectivity index (χ3v) is 4.94. The third kappa shape index (κ3) is 6.33. The van der Waals surface area contributed by atoms with Crippen LogP contribution in [0.15, 0.2) is 72.8 Å². The van der Waals surface area contributed by atoms with Gasteiger partial charge in [-0.3, -0.25) is 9.59 Å². The summed E-state index contributed by atoms with van der Waals surface area (Å²) in [6, 6.07) is 21.4. The van der Waals surface area contributed by atoms with Crippen molar-refractivity contribution in [2.75, 3.05) is 17.2 Å². The highest BCUT2D eigenvalue weighted by atomic mass is 35.5. The predicted octanol–water partition coefficient (Wildman–Crippen LogP) is 5.91. The van der Waals surface area contributed by atoms with Crippen molar-refractivity contribution < 1.29 is 14.3 Å². The van der Waals surface area contributed by atoms with Gasteiger partial charge in [0.25, 0.3) is 11.8 Å². The van der Waals surface area contributed by atoms with E-state index in [4.69, 9.17) is 16.3 Å². The number of nitrogens with one attached hydrogen (secondary N) is 2. The number of hydrogen-bond acceptors (Lipinski definition) is 3. The average molecular weight is 437 g/mol. The molecule has 2 N–H and O–H groups in total. The maximum atomic E-state index is 12.4. The molecule has 0 radical (unpaired) electrons. The van der Waals surface area contributed by atoms with E-state index in [0.717, 1.165) is 0 Å². The van der Waals surface area contributed by atoms with Gasteiger partial charge in [-0.2, -0.15) is 0 Å². The smallest absolute Gasteiger partial charge is 0.262 e. The zero-order valence-corrected chi connectivity index (χ0v) is 18.5. The lowest BCUT2D eigenvalue weighted by Crippen LogP contribution is -2.20. The van der Waals surface area contributed by atoms with Gasteiger partial charge in [0.2, 0.25) is 0 Å². The summed E-state index contributed by atoms with van der Waals surface area (Å²) >= 11 is 6.07. The van der Waals surface area contributed by atoms with Gasteiger partial charge < -0.3 is 15.4 Å². The second-order valence-electron chi connectivity index (χ2n) is 8.13. The van der Waals surface area contributed by atoms with Gasteiger partial charge in [-0.1, -0.05) is 62.7 Å². The fourth-order valence-corrected chi connectivity index (χ4v) is 3.14. The van der Waals surface area contributed by atoms with Gasteiger partial charge in [0, 0.05) is 11.4 Å². The van der Waals surface area contributed by atoms with Crippen LogP contribution in [-0.4, -0.2) is 18.4 Å². The molecule has 31 heavy (non-hydrogen) atoms. The molecule has 0 heterocycles. The number of carbonyl (C=O) groups excluding carboxylic acids is 2. The summed E-state index contributed by atoms with van der Waals surface area (Å²) in [7, 11) is 0. The van der Waals surface area contributed by atoms with Gasteiger partial charge in [0.05, 0.1) is 10.6 Å². The van der Waals surface area contributed by atoms with Crippen LogP contribution in [0.3, 0.4) is 0 Å². The lowest BCUT2D eigenvalue weighted by atomic mass is 9.87. The van der Waals surface area contributed by atoms with Gasteiger partial charge in [-0.25, -0.2) is 0 Å². The first kappa shape index (κ1) is 22.4. The molecular weight excluding hydrogens is 412 g/mol. The number of hydrogen-bond donors (Lipinski definition) is 2. The molecule has 0 saturated heterocycles. The van der Waals surface area contributed by atoms with E-state index in [1.54, 1.807) is 48.5 Å². The van der Waals surface area contributed by atoms with E-state index in [1.165, 1.54) is 5.56 Å². The number of anilines is 2. The van der Waals surface area contributed by atoms with E-state index in [0.29, 0.717) is 27.7 Å². The van der Waals surface area contributed by atoms with Gasteiger partial charge in [0.1, 0.15) is 5.75 Å². The Hall–Kier alpha value is -3.31. The largest absolute Gasteiger partial charge is 0.484 e. The van der Waals surface area contributed by atoms with Crippen molar-refractivity contribution in [1.29, 1.82) is 0 Å².